The number of anilines is 4. The first-order valence-electron chi connectivity index (χ1n) is 15.6. The molecule has 6 aromatic carbocycles. The molecule has 0 spiro atoms. The highest BCUT2D eigenvalue weighted by Crippen LogP contribution is 2.26. The van der Waals surface area contributed by atoms with E-state index < -0.39 is 32.3 Å². The summed E-state index contributed by atoms with van der Waals surface area (Å²) in [4.78, 5) is 25.4. The molecule has 0 saturated carbocycles. The zero-order chi connectivity index (χ0) is 36.6. The van der Waals surface area contributed by atoms with Crippen molar-refractivity contribution in [2.24, 2.45) is 0 Å². The molecule has 0 atom stereocenters. The molecule has 6 aromatic rings. The molecule has 0 unspecified atom stereocenters. The second kappa shape index (κ2) is 15.5. The molecule has 0 aliphatic rings. The molecule has 12 nitrogen and oxygen atoms in total. The third kappa shape index (κ3) is 9.32. The molecule has 0 aliphatic carbocycles. The number of rotatable bonds is 11. The first-order valence-corrected chi connectivity index (χ1v) is 18.4. The van der Waals surface area contributed by atoms with Gasteiger partial charge in [-0.15, -0.1) is 0 Å². The minimum Gasteiger partial charge on any atom is -0.379 e. The Bertz CT molecular complexity index is 2240. The molecule has 4 amide bonds. The first-order chi connectivity index (χ1) is 25.0. The predicted octanol–water partition coefficient (Wildman–Crippen LogP) is 8.18. The Labute approximate surface area is 300 Å². The van der Waals surface area contributed by atoms with Gasteiger partial charge in [0.25, 0.3) is 0 Å². The van der Waals surface area contributed by atoms with Crippen molar-refractivity contribution in [1.82, 2.24) is 0 Å². The maximum Gasteiger partial charge on any atom is 0.339 e. The monoisotopic (exact) mass is 734 g/mol. The number of hydrogen-bond donors (Lipinski definition) is 4. The third-order valence-electron chi connectivity index (χ3n) is 7.28. The summed E-state index contributed by atoms with van der Waals surface area (Å²) in [6, 6.07) is 40.7. The van der Waals surface area contributed by atoms with Crippen LogP contribution < -0.4 is 29.6 Å². The van der Waals surface area contributed by atoms with Crippen molar-refractivity contribution in [3.63, 3.8) is 0 Å². The van der Waals surface area contributed by atoms with Gasteiger partial charge in [0.1, 0.15) is 21.3 Å². The molecule has 14 heteroatoms. The second-order valence-electron chi connectivity index (χ2n) is 11.1. The summed E-state index contributed by atoms with van der Waals surface area (Å²) in [5.74, 6) is 0.0878. The van der Waals surface area contributed by atoms with Crippen LogP contribution in [0.3, 0.4) is 0 Å². The van der Waals surface area contributed by atoms with Crippen molar-refractivity contribution in [3.05, 3.63) is 158 Å². The van der Waals surface area contributed by atoms with E-state index in [4.69, 9.17) is 8.37 Å². The van der Waals surface area contributed by atoms with Gasteiger partial charge < -0.3 is 29.6 Å². The minimum absolute atomic E-state index is 0.0116. The summed E-state index contributed by atoms with van der Waals surface area (Å²) in [5, 5.41) is 10.8. The number of amides is 4. The van der Waals surface area contributed by atoms with Crippen LogP contribution in [0, 0.1) is 0 Å². The van der Waals surface area contributed by atoms with Gasteiger partial charge in [0, 0.05) is 34.9 Å². The predicted molar refractivity (Wildman–Crippen MR) is 199 cm³/mol. The normalized spacial score (nSPS) is 11.2. The molecule has 6 rings (SSSR count). The van der Waals surface area contributed by atoms with Crippen LogP contribution in [-0.2, 0) is 20.2 Å². The summed E-state index contributed by atoms with van der Waals surface area (Å²) >= 11 is 0. The van der Waals surface area contributed by atoms with Crippen molar-refractivity contribution in [3.8, 4) is 22.6 Å². The molecule has 0 heterocycles. The fourth-order valence-corrected chi connectivity index (χ4v) is 6.74. The summed E-state index contributed by atoms with van der Waals surface area (Å²) < 4.78 is 60.6. The molecular weight excluding hydrogens is 705 g/mol. The van der Waals surface area contributed by atoms with E-state index in [0.29, 0.717) is 22.7 Å². The maximum atomic E-state index is 12.7. The fourth-order valence-electron chi connectivity index (χ4n) is 4.85. The molecule has 0 aromatic heterocycles. The Morgan fingerprint density at radius 3 is 1.10 bits per heavy atom. The van der Waals surface area contributed by atoms with Crippen LogP contribution in [0.4, 0.5) is 32.3 Å². The lowest BCUT2D eigenvalue weighted by atomic mass is 10.1. The van der Waals surface area contributed by atoms with Crippen molar-refractivity contribution < 1.29 is 34.8 Å². The van der Waals surface area contributed by atoms with Gasteiger partial charge in [-0.3, -0.25) is 0 Å². The molecule has 0 fully saturated rings. The molecule has 262 valence electrons. The topological polar surface area (TPSA) is 169 Å². The maximum absolute atomic E-state index is 12.7. The highest BCUT2D eigenvalue weighted by atomic mass is 32.2. The highest BCUT2D eigenvalue weighted by Gasteiger charge is 2.18. The minimum atomic E-state index is -4.04. The number of carbonyl (C=O) groups excluding carboxylic acids is 2. The zero-order valence-corrected chi connectivity index (χ0v) is 28.7. The summed E-state index contributed by atoms with van der Waals surface area (Å²) in [7, 11) is -8.07. The number of benzene rings is 6. The van der Waals surface area contributed by atoms with Crippen LogP contribution in [0.2, 0.25) is 0 Å². The van der Waals surface area contributed by atoms with Crippen LogP contribution in [-0.4, -0.2) is 28.9 Å². The van der Waals surface area contributed by atoms with E-state index in [0.717, 1.165) is 11.1 Å². The molecule has 0 aliphatic heterocycles. The Hall–Kier alpha value is -6.64. The van der Waals surface area contributed by atoms with Crippen LogP contribution in [0.15, 0.2) is 168 Å². The molecule has 0 saturated heterocycles. The van der Waals surface area contributed by atoms with Crippen molar-refractivity contribution >= 4 is 55.0 Å². The zero-order valence-electron chi connectivity index (χ0n) is 27.1. The van der Waals surface area contributed by atoms with Gasteiger partial charge in [0.15, 0.2) is 0 Å². The number of hydrogen-bond acceptors (Lipinski definition) is 8. The van der Waals surface area contributed by atoms with E-state index in [1.807, 2.05) is 24.3 Å². The van der Waals surface area contributed by atoms with Gasteiger partial charge in [-0.05, 0) is 83.9 Å². The van der Waals surface area contributed by atoms with Gasteiger partial charge in [0.2, 0.25) is 0 Å². The smallest absolute Gasteiger partial charge is 0.339 e. The van der Waals surface area contributed by atoms with Gasteiger partial charge >= 0.3 is 32.3 Å². The van der Waals surface area contributed by atoms with Gasteiger partial charge in [0.05, 0.1) is 0 Å². The molecule has 0 bridgehead atoms. The lowest BCUT2D eigenvalue weighted by Crippen LogP contribution is -2.19. The molecule has 0 radical (unpaired) electrons. The van der Waals surface area contributed by atoms with Crippen molar-refractivity contribution in [1.29, 1.82) is 0 Å². The van der Waals surface area contributed by atoms with E-state index in [1.54, 1.807) is 84.9 Å². The largest absolute Gasteiger partial charge is 0.379 e. The molecular formula is C38H30N4O8S2. The Morgan fingerprint density at radius 2 is 0.731 bits per heavy atom. The molecule has 4 N–H and O–H groups in total. The van der Waals surface area contributed by atoms with Crippen molar-refractivity contribution in [2.45, 2.75) is 9.79 Å². The van der Waals surface area contributed by atoms with Gasteiger partial charge in [-0.2, -0.15) is 16.8 Å². The highest BCUT2D eigenvalue weighted by molar-refractivity contribution is 7.87. The Balaban J connectivity index is 0.999. The van der Waals surface area contributed by atoms with Crippen LogP contribution in [0.1, 0.15) is 0 Å². The van der Waals surface area contributed by atoms with E-state index in [1.165, 1.54) is 48.5 Å². The Kier molecular flexibility index (Phi) is 10.5. The van der Waals surface area contributed by atoms with E-state index in [9.17, 15) is 26.4 Å². The molecule has 52 heavy (non-hydrogen) atoms. The SMILES string of the molecule is O=C(Nc1ccc(-c2ccc(NC(=O)Nc3cccc(OS(=O)(=O)c4ccccc4)c3)cc2)cc1)Nc1cccc(OS(=O)(=O)c2ccccc2)c1. The summed E-state index contributed by atoms with van der Waals surface area (Å²) in [5.41, 5.74) is 3.40. The first kappa shape index (κ1) is 35.2. The number of urea groups is 2. The van der Waals surface area contributed by atoms with Gasteiger partial charge in [-0.25, -0.2) is 9.59 Å². The second-order valence-corrected chi connectivity index (χ2v) is 14.2. The summed E-state index contributed by atoms with van der Waals surface area (Å²) in [6.07, 6.45) is 0. The summed E-state index contributed by atoms with van der Waals surface area (Å²) in [6.45, 7) is 0. The van der Waals surface area contributed by atoms with Crippen LogP contribution in [0.5, 0.6) is 11.5 Å². The average molecular weight is 735 g/mol. The van der Waals surface area contributed by atoms with Crippen LogP contribution >= 0.6 is 0 Å². The van der Waals surface area contributed by atoms with Crippen LogP contribution in [0.25, 0.3) is 11.1 Å². The van der Waals surface area contributed by atoms with E-state index in [2.05, 4.69) is 21.3 Å². The lowest BCUT2D eigenvalue weighted by molar-refractivity contribution is 0.261. The van der Waals surface area contributed by atoms with Crippen molar-refractivity contribution in [2.75, 3.05) is 21.3 Å². The van der Waals surface area contributed by atoms with E-state index in [-0.39, 0.29) is 21.3 Å². The average Bonchev–Trinajstić information content (AvgIpc) is 3.13. The van der Waals surface area contributed by atoms with E-state index >= 15 is 0 Å². The van der Waals surface area contributed by atoms with Gasteiger partial charge in [-0.1, -0.05) is 72.8 Å². The quantitative estimate of drug-likeness (QED) is 0.0967. The number of nitrogens with one attached hydrogen (secondary N) is 4. The number of carbonyl (C=O) groups is 2. The fraction of sp³-hybridized carbons (Fsp3) is 0. The standard InChI is InChI=1S/C38H30N4O8S2/c43-37(41-31-9-7-11-33(25-31)49-51(45,46)35-13-3-1-4-14-35)39-29-21-17-27(18-22-29)28-19-23-30(24-20-28)40-38(44)42-32-10-8-12-34(26-32)50-52(47,48)36-15-5-2-6-16-36/h1-26H,(H2,39,41,43)(H2,40,42,44). The third-order valence-corrected chi connectivity index (χ3v) is 9.80. The Morgan fingerprint density at radius 1 is 0.385 bits per heavy atom. The lowest BCUT2D eigenvalue weighted by Gasteiger charge is -2.11.